The van der Waals surface area contributed by atoms with Crippen molar-refractivity contribution in [3.8, 4) is 0 Å². The van der Waals surface area contributed by atoms with Crippen molar-refractivity contribution in [2.24, 2.45) is 0 Å². The molecular formula is C23H26BN3O. The first-order valence-electron chi connectivity index (χ1n) is 10.2. The second kappa shape index (κ2) is 6.52. The van der Waals surface area contributed by atoms with E-state index in [1.165, 1.54) is 51.7 Å². The average molecular weight is 371 g/mol. The zero-order chi connectivity index (χ0) is 19.3. The van der Waals surface area contributed by atoms with Gasteiger partial charge in [-0.25, -0.2) is 0 Å². The summed E-state index contributed by atoms with van der Waals surface area (Å²) in [6, 6.07) is 4.48. The Morgan fingerprint density at radius 1 is 1.32 bits per heavy atom. The maximum Gasteiger partial charge on any atom is 0.309 e. The molecule has 0 radical (unpaired) electrons. The molecule has 0 saturated carbocycles. The van der Waals surface area contributed by atoms with Gasteiger partial charge in [0.05, 0.1) is 23.4 Å². The molecular weight excluding hydrogens is 345 g/mol. The van der Waals surface area contributed by atoms with E-state index in [9.17, 15) is 0 Å². The van der Waals surface area contributed by atoms with Crippen LogP contribution in [0.2, 0.25) is 0 Å². The Kier molecular flexibility index (Phi) is 4.09. The Balaban J connectivity index is 1.63. The van der Waals surface area contributed by atoms with Crippen molar-refractivity contribution < 1.29 is 4.65 Å². The van der Waals surface area contributed by atoms with Crippen LogP contribution in [0.3, 0.4) is 0 Å². The van der Waals surface area contributed by atoms with E-state index in [1.807, 2.05) is 12.3 Å². The highest BCUT2D eigenvalue weighted by Gasteiger charge is 2.32. The van der Waals surface area contributed by atoms with E-state index < -0.39 is 0 Å². The second-order valence-electron chi connectivity index (χ2n) is 8.57. The lowest BCUT2D eigenvalue weighted by Gasteiger charge is -2.36. The van der Waals surface area contributed by atoms with Crippen molar-refractivity contribution in [1.82, 2.24) is 10.2 Å². The van der Waals surface area contributed by atoms with Gasteiger partial charge < -0.3 is 9.97 Å². The zero-order valence-electron chi connectivity index (χ0n) is 16.6. The Labute approximate surface area is 166 Å². The molecule has 5 heteroatoms. The maximum atomic E-state index is 5.87. The minimum absolute atomic E-state index is 0.175. The van der Waals surface area contributed by atoms with Crippen LogP contribution in [0.5, 0.6) is 0 Å². The molecule has 1 unspecified atom stereocenters. The van der Waals surface area contributed by atoms with Crippen LogP contribution >= 0.6 is 0 Å². The van der Waals surface area contributed by atoms with Crippen molar-refractivity contribution in [3.05, 3.63) is 65.3 Å². The van der Waals surface area contributed by atoms with Gasteiger partial charge in [0.1, 0.15) is 0 Å². The summed E-state index contributed by atoms with van der Waals surface area (Å²) >= 11 is 0. The summed E-state index contributed by atoms with van der Waals surface area (Å²) in [5.74, 6) is 0. The van der Waals surface area contributed by atoms with E-state index in [4.69, 9.17) is 4.65 Å². The fourth-order valence-corrected chi connectivity index (χ4v) is 4.88. The number of allylic oxidation sites excluding steroid dienone is 3. The van der Waals surface area contributed by atoms with Crippen molar-refractivity contribution in [1.29, 1.82) is 0 Å². The first-order valence-corrected chi connectivity index (χ1v) is 10.2. The number of rotatable bonds is 3. The van der Waals surface area contributed by atoms with Crippen LogP contribution in [0.15, 0.2) is 59.8 Å². The minimum Gasteiger partial charge on any atom is -0.426 e. The van der Waals surface area contributed by atoms with Gasteiger partial charge in [0.2, 0.25) is 0 Å². The smallest absolute Gasteiger partial charge is 0.309 e. The highest BCUT2D eigenvalue weighted by molar-refractivity contribution is 6.40. The number of nitrogens with zero attached hydrogens (tertiary/aromatic N) is 1. The van der Waals surface area contributed by atoms with Crippen molar-refractivity contribution in [2.75, 3.05) is 5.32 Å². The Morgan fingerprint density at radius 2 is 2.18 bits per heavy atom. The fraction of sp³-hybridized carbons (Fsp3) is 0.348. The molecule has 0 fully saturated rings. The Hall–Kier alpha value is -2.53. The van der Waals surface area contributed by atoms with Crippen LogP contribution in [0.25, 0.3) is 16.5 Å². The molecule has 5 rings (SSSR count). The van der Waals surface area contributed by atoms with E-state index in [-0.39, 0.29) is 11.6 Å². The molecule has 1 aliphatic carbocycles. The first-order chi connectivity index (χ1) is 13.6. The molecule has 0 spiro atoms. The zero-order valence-corrected chi connectivity index (χ0v) is 16.6. The topological polar surface area (TPSA) is 49.9 Å². The largest absolute Gasteiger partial charge is 0.426 e. The predicted octanol–water partition coefficient (Wildman–Crippen LogP) is 4.84. The molecule has 4 nitrogen and oxygen atoms in total. The summed E-state index contributed by atoms with van der Waals surface area (Å²) < 4.78 is 5.87. The van der Waals surface area contributed by atoms with Crippen LogP contribution in [-0.2, 0) is 4.65 Å². The molecule has 2 N–H and O–H groups in total. The van der Waals surface area contributed by atoms with Crippen molar-refractivity contribution in [2.45, 2.75) is 51.2 Å². The Bertz CT molecular complexity index is 1060. The van der Waals surface area contributed by atoms with Crippen LogP contribution < -0.4 is 5.32 Å². The van der Waals surface area contributed by atoms with Gasteiger partial charge >= 0.3 is 7.48 Å². The third-order valence-corrected chi connectivity index (χ3v) is 6.15. The van der Waals surface area contributed by atoms with Gasteiger partial charge in [-0.3, -0.25) is 5.10 Å². The summed E-state index contributed by atoms with van der Waals surface area (Å²) in [4.78, 5) is 0. The third kappa shape index (κ3) is 2.85. The number of fused-ring (bicyclic) bond motifs is 4. The molecule has 2 aromatic rings. The number of anilines is 1. The van der Waals surface area contributed by atoms with Gasteiger partial charge in [0.15, 0.2) is 0 Å². The number of H-pyrrole nitrogens is 1. The molecule has 1 aromatic heterocycles. The highest BCUT2D eigenvalue weighted by atomic mass is 16.5. The molecule has 0 saturated heterocycles. The third-order valence-electron chi connectivity index (χ3n) is 6.15. The normalized spacial score (nSPS) is 23.6. The molecule has 2 aliphatic heterocycles. The highest BCUT2D eigenvalue weighted by Crippen LogP contribution is 2.46. The van der Waals surface area contributed by atoms with Gasteiger partial charge in [-0.1, -0.05) is 30.3 Å². The molecule has 28 heavy (non-hydrogen) atoms. The standard InChI is InChI=1S/C23H26BN3O/c1-4-14(11-15-12-23(2,3)28-24-15)22-17-8-6-5-7-16(17)21-18-13-25-27-19(18)9-10-20(21)26-22/h4,9-13,22,24,26H,1,5-8H2,2-3H3,(H,25,27)/b14-11+. The van der Waals surface area contributed by atoms with E-state index >= 15 is 0 Å². The molecule has 1 atom stereocenters. The molecule has 0 bridgehead atoms. The van der Waals surface area contributed by atoms with Gasteiger partial charge in [0.25, 0.3) is 0 Å². The summed E-state index contributed by atoms with van der Waals surface area (Å²) in [7, 11) is 0.662. The van der Waals surface area contributed by atoms with Gasteiger partial charge in [0, 0.05) is 16.6 Å². The lowest BCUT2D eigenvalue weighted by molar-refractivity contribution is 0.184. The van der Waals surface area contributed by atoms with Gasteiger partial charge in [-0.2, -0.15) is 5.10 Å². The van der Waals surface area contributed by atoms with E-state index in [1.54, 1.807) is 0 Å². The average Bonchev–Trinajstić information content (AvgIpc) is 3.31. The SMILES string of the molecule is C=C/C(=C\C1=CC(C)(C)OB1)C1Nc2ccc3[nH]ncc3c2C2=C1CCCC2. The summed E-state index contributed by atoms with van der Waals surface area (Å²) in [6.07, 6.45) is 13.2. The number of hydrogen-bond donors (Lipinski definition) is 2. The number of benzene rings is 1. The van der Waals surface area contributed by atoms with Gasteiger partial charge in [-0.15, -0.1) is 0 Å². The van der Waals surface area contributed by atoms with E-state index in [0.29, 0.717) is 7.48 Å². The quantitative estimate of drug-likeness (QED) is 0.600. The lowest BCUT2D eigenvalue weighted by Crippen LogP contribution is -2.30. The van der Waals surface area contributed by atoms with Crippen LogP contribution in [0, 0.1) is 0 Å². The van der Waals surface area contributed by atoms with E-state index in [2.05, 4.69) is 60.2 Å². The predicted molar refractivity (Wildman–Crippen MR) is 118 cm³/mol. The van der Waals surface area contributed by atoms with Crippen LogP contribution in [0.1, 0.15) is 45.1 Å². The van der Waals surface area contributed by atoms with Crippen LogP contribution in [0.4, 0.5) is 5.69 Å². The molecule has 3 aliphatic rings. The van der Waals surface area contributed by atoms with Gasteiger partial charge in [-0.05, 0) is 68.4 Å². The Morgan fingerprint density at radius 3 is 2.96 bits per heavy atom. The molecule has 3 heterocycles. The maximum absolute atomic E-state index is 5.87. The van der Waals surface area contributed by atoms with Crippen LogP contribution in [-0.4, -0.2) is 29.3 Å². The number of aromatic nitrogens is 2. The summed E-state index contributed by atoms with van der Waals surface area (Å²) in [6.45, 7) is 8.35. The lowest BCUT2D eigenvalue weighted by atomic mass is 9.76. The van der Waals surface area contributed by atoms with E-state index in [0.717, 1.165) is 18.4 Å². The monoisotopic (exact) mass is 371 g/mol. The van der Waals surface area contributed by atoms with Crippen molar-refractivity contribution >= 4 is 29.6 Å². The summed E-state index contributed by atoms with van der Waals surface area (Å²) in [5.41, 5.74) is 8.92. The number of aromatic amines is 1. The molecule has 1 aromatic carbocycles. The summed E-state index contributed by atoms with van der Waals surface area (Å²) in [5, 5.41) is 12.4. The fourth-order valence-electron chi connectivity index (χ4n) is 4.88. The first kappa shape index (κ1) is 17.6. The minimum atomic E-state index is -0.188. The second-order valence-corrected chi connectivity index (χ2v) is 8.57. The molecule has 0 amide bonds. The molecule has 142 valence electrons. The van der Waals surface area contributed by atoms with Crippen molar-refractivity contribution in [3.63, 3.8) is 0 Å². The number of nitrogens with one attached hydrogen (secondary N) is 2. The number of hydrogen-bond acceptors (Lipinski definition) is 3.